The molecule has 1 aromatic carbocycles. The first-order valence-electron chi connectivity index (χ1n) is 5.24. The van der Waals surface area contributed by atoms with Crippen molar-refractivity contribution in [3.63, 3.8) is 0 Å². The number of H-pyrrole nitrogens is 1. The summed E-state index contributed by atoms with van der Waals surface area (Å²) < 4.78 is 26.3. The Balaban J connectivity index is 2.24. The zero-order chi connectivity index (χ0) is 12.3. The molecular formula is C11H13N3O2S. The fourth-order valence-corrected chi connectivity index (χ4v) is 2.40. The van der Waals surface area contributed by atoms with Crippen LogP contribution >= 0.6 is 0 Å². The molecule has 17 heavy (non-hydrogen) atoms. The highest BCUT2D eigenvalue weighted by atomic mass is 32.2. The summed E-state index contributed by atoms with van der Waals surface area (Å²) in [6.45, 7) is 1.96. The van der Waals surface area contributed by atoms with E-state index >= 15 is 0 Å². The van der Waals surface area contributed by atoms with Gasteiger partial charge in [0.2, 0.25) is 0 Å². The molecule has 1 heterocycles. The van der Waals surface area contributed by atoms with E-state index in [0.717, 1.165) is 12.1 Å². The molecule has 0 bridgehead atoms. The maximum absolute atomic E-state index is 11.9. The molecule has 6 heteroatoms. The number of aromatic amines is 1. The van der Waals surface area contributed by atoms with E-state index < -0.39 is 10.0 Å². The van der Waals surface area contributed by atoms with Gasteiger partial charge in [-0.2, -0.15) is 5.10 Å². The third kappa shape index (κ3) is 2.65. The van der Waals surface area contributed by atoms with Gasteiger partial charge in [0, 0.05) is 11.8 Å². The average Bonchev–Trinajstić information content (AvgIpc) is 2.77. The number of nitrogens with one attached hydrogen (secondary N) is 2. The van der Waals surface area contributed by atoms with Crippen molar-refractivity contribution in [2.45, 2.75) is 18.2 Å². The number of benzene rings is 1. The molecule has 2 N–H and O–H groups in total. The molecule has 90 valence electrons. The van der Waals surface area contributed by atoms with Crippen LogP contribution in [-0.2, 0) is 16.4 Å². The van der Waals surface area contributed by atoms with Crippen molar-refractivity contribution < 1.29 is 8.42 Å². The van der Waals surface area contributed by atoms with Gasteiger partial charge in [0.05, 0.1) is 4.90 Å². The molecule has 0 aliphatic carbocycles. The van der Waals surface area contributed by atoms with Crippen molar-refractivity contribution in [3.8, 4) is 0 Å². The summed E-state index contributed by atoms with van der Waals surface area (Å²) in [6, 6.07) is 9.88. The van der Waals surface area contributed by atoms with E-state index in [1.807, 2.05) is 6.92 Å². The van der Waals surface area contributed by atoms with Crippen molar-refractivity contribution in [2.75, 3.05) is 4.72 Å². The van der Waals surface area contributed by atoms with Crippen LogP contribution < -0.4 is 4.72 Å². The van der Waals surface area contributed by atoms with Gasteiger partial charge >= 0.3 is 0 Å². The molecule has 0 unspecified atom stereocenters. The third-order valence-corrected chi connectivity index (χ3v) is 3.67. The predicted molar refractivity (Wildman–Crippen MR) is 65.2 cm³/mol. The lowest BCUT2D eigenvalue weighted by Gasteiger charge is -2.04. The van der Waals surface area contributed by atoms with E-state index in [1.54, 1.807) is 24.3 Å². The lowest BCUT2D eigenvalue weighted by atomic mass is 10.3. The lowest BCUT2D eigenvalue weighted by molar-refractivity contribution is 0.601. The Labute approximate surface area is 99.9 Å². The van der Waals surface area contributed by atoms with Gasteiger partial charge in [0.15, 0.2) is 5.82 Å². The van der Waals surface area contributed by atoms with Gasteiger partial charge in [0.25, 0.3) is 10.0 Å². The number of aryl methyl sites for hydroxylation is 1. The van der Waals surface area contributed by atoms with Crippen molar-refractivity contribution in [1.82, 2.24) is 10.2 Å². The first kappa shape index (κ1) is 11.7. The van der Waals surface area contributed by atoms with Crippen molar-refractivity contribution in [2.24, 2.45) is 0 Å². The number of hydrogen-bond acceptors (Lipinski definition) is 3. The van der Waals surface area contributed by atoms with Gasteiger partial charge in [-0.05, 0) is 18.6 Å². The van der Waals surface area contributed by atoms with Crippen LogP contribution in [-0.4, -0.2) is 18.6 Å². The summed E-state index contributed by atoms with van der Waals surface area (Å²) in [5.41, 5.74) is 0.885. The van der Waals surface area contributed by atoms with Gasteiger partial charge in [-0.25, -0.2) is 8.42 Å². The first-order chi connectivity index (χ1) is 8.12. The van der Waals surface area contributed by atoms with Crippen LogP contribution in [0.25, 0.3) is 0 Å². The fourth-order valence-electron chi connectivity index (χ4n) is 1.39. The Kier molecular flexibility index (Phi) is 3.14. The summed E-state index contributed by atoms with van der Waals surface area (Å²) in [5.74, 6) is 0.311. The largest absolute Gasteiger partial charge is 0.280 e. The zero-order valence-electron chi connectivity index (χ0n) is 9.34. The quantitative estimate of drug-likeness (QED) is 0.869. The van der Waals surface area contributed by atoms with Crippen LogP contribution in [0.2, 0.25) is 0 Å². The highest BCUT2D eigenvalue weighted by Gasteiger charge is 2.14. The molecule has 2 aromatic rings. The van der Waals surface area contributed by atoms with Gasteiger partial charge in [-0.3, -0.25) is 9.82 Å². The first-order valence-corrected chi connectivity index (χ1v) is 6.72. The molecule has 5 nitrogen and oxygen atoms in total. The SMILES string of the molecule is CCc1cc(NS(=O)(=O)c2ccccc2)n[nH]1. The van der Waals surface area contributed by atoms with Gasteiger partial charge in [-0.15, -0.1) is 0 Å². The van der Waals surface area contributed by atoms with Crippen molar-refractivity contribution in [1.29, 1.82) is 0 Å². The van der Waals surface area contributed by atoms with Crippen molar-refractivity contribution >= 4 is 15.8 Å². The summed E-state index contributed by atoms with van der Waals surface area (Å²) in [5, 5.41) is 6.63. The van der Waals surface area contributed by atoms with Crippen LogP contribution in [0.3, 0.4) is 0 Å². The minimum absolute atomic E-state index is 0.223. The van der Waals surface area contributed by atoms with Crippen LogP contribution in [0.15, 0.2) is 41.3 Å². The van der Waals surface area contributed by atoms with Crippen LogP contribution in [0.4, 0.5) is 5.82 Å². The second-order valence-electron chi connectivity index (χ2n) is 3.55. The fraction of sp³-hybridized carbons (Fsp3) is 0.182. The summed E-state index contributed by atoms with van der Waals surface area (Å²) in [7, 11) is -3.54. The summed E-state index contributed by atoms with van der Waals surface area (Å²) >= 11 is 0. The molecule has 0 aliphatic heterocycles. The highest BCUT2D eigenvalue weighted by molar-refractivity contribution is 7.92. The van der Waals surface area contributed by atoms with Crippen LogP contribution in [0, 0.1) is 0 Å². The minimum Gasteiger partial charge on any atom is -0.280 e. The zero-order valence-corrected chi connectivity index (χ0v) is 10.2. The van der Waals surface area contributed by atoms with Crippen LogP contribution in [0.5, 0.6) is 0 Å². The molecule has 0 saturated carbocycles. The van der Waals surface area contributed by atoms with E-state index in [9.17, 15) is 8.42 Å². The summed E-state index contributed by atoms with van der Waals surface area (Å²) in [4.78, 5) is 0.223. The molecular weight excluding hydrogens is 238 g/mol. The Morgan fingerprint density at radius 3 is 2.59 bits per heavy atom. The number of rotatable bonds is 4. The van der Waals surface area contributed by atoms with Gasteiger partial charge in [0.1, 0.15) is 0 Å². The molecule has 0 amide bonds. The smallest absolute Gasteiger partial charge is 0.263 e. The molecule has 0 fully saturated rings. The second-order valence-corrected chi connectivity index (χ2v) is 5.23. The molecule has 0 spiro atoms. The van der Waals surface area contributed by atoms with Crippen molar-refractivity contribution in [3.05, 3.63) is 42.1 Å². The molecule has 0 aliphatic rings. The number of anilines is 1. The van der Waals surface area contributed by atoms with Crippen LogP contribution in [0.1, 0.15) is 12.6 Å². The van der Waals surface area contributed by atoms with E-state index in [-0.39, 0.29) is 4.90 Å². The topological polar surface area (TPSA) is 74.8 Å². The highest BCUT2D eigenvalue weighted by Crippen LogP contribution is 2.14. The van der Waals surface area contributed by atoms with Gasteiger partial charge < -0.3 is 0 Å². The Morgan fingerprint density at radius 1 is 1.29 bits per heavy atom. The van der Waals surface area contributed by atoms with E-state index in [4.69, 9.17) is 0 Å². The van der Waals surface area contributed by atoms with E-state index in [2.05, 4.69) is 14.9 Å². The maximum atomic E-state index is 11.9. The molecule has 1 aromatic heterocycles. The lowest BCUT2D eigenvalue weighted by Crippen LogP contribution is -2.12. The molecule has 0 radical (unpaired) electrons. The monoisotopic (exact) mass is 251 g/mol. The Morgan fingerprint density at radius 2 is 2.00 bits per heavy atom. The Hall–Kier alpha value is -1.82. The number of hydrogen-bond donors (Lipinski definition) is 2. The average molecular weight is 251 g/mol. The summed E-state index contributed by atoms with van der Waals surface area (Å²) in [6.07, 6.45) is 0.778. The van der Waals surface area contributed by atoms with E-state index in [1.165, 1.54) is 12.1 Å². The van der Waals surface area contributed by atoms with E-state index in [0.29, 0.717) is 5.82 Å². The molecule has 0 saturated heterocycles. The van der Waals surface area contributed by atoms with Gasteiger partial charge in [-0.1, -0.05) is 25.1 Å². The maximum Gasteiger partial charge on any atom is 0.263 e. The number of sulfonamides is 1. The minimum atomic E-state index is -3.54. The second kappa shape index (κ2) is 4.58. The third-order valence-electron chi connectivity index (χ3n) is 2.30. The predicted octanol–water partition coefficient (Wildman–Crippen LogP) is 1.77. The number of aromatic nitrogens is 2. The number of nitrogens with zero attached hydrogens (tertiary/aromatic N) is 1. The normalized spacial score (nSPS) is 11.4. The molecule has 2 rings (SSSR count). The Bertz CT molecular complexity index is 590. The molecule has 0 atom stereocenters. The standard InChI is InChI=1S/C11H13N3O2S/c1-2-9-8-11(13-12-9)14-17(15,16)10-6-4-3-5-7-10/h3-8H,2H2,1H3,(H2,12,13,14).